The number of likely N-dealkylation sites (tertiary alicyclic amines) is 1. The Labute approximate surface area is 106 Å². The highest BCUT2D eigenvalue weighted by atomic mass is 16.5. The number of nitrogens with zero attached hydrogens (tertiary/aromatic N) is 1. The van der Waals surface area contributed by atoms with E-state index in [9.17, 15) is 9.90 Å². The molecule has 5 nitrogen and oxygen atoms in total. The molecule has 2 atom stereocenters. The maximum Gasteiger partial charge on any atom is 0.407 e. The van der Waals surface area contributed by atoms with Crippen LogP contribution in [0.4, 0.5) is 4.79 Å². The molecule has 2 N–H and O–H groups in total. The van der Waals surface area contributed by atoms with Crippen molar-refractivity contribution in [3.8, 4) is 5.75 Å². The van der Waals surface area contributed by atoms with E-state index >= 15 is 0 Å². The predicted octanol–water partition coefficient (Wildman–Crippen LogP) is 1.57. The third kappa shape index (κ3) is 2.92. The van der Waals surface area contributed by atoms with Crippen LogP contribution in [-0.2, 0) is 0 Å². The van der Waals surface area contributed by atoms with Crippen LogP contribution >= 0.6 is 0 Å². The Morgan fingerprint density at radius 3 is 2.83 bits per heavy atom. The highest BCUT2D eigenvalue weighted by Gasteiger charge is 2.34. The van der Waals surface area contributed by atoms with Gasteiger partial charge in [-0.05, 0) is 25.0 Å². The van der Waals surface area contributed by atoms with Gasteiger partial charge in [0.2, 0.25) is 0 Å². The fourth-order valence-electron chi connectivity index (χ4n) is 2.24. The summed E-state index contributed by atoms with van der Waals surface area (Å²) in [5.41, 5.74) is 0. The van der Waals surface area contributed by atoms with E-state index in [4.69, 9.17) is 9.84 Å². The molecule has 0 aromatic heterocycles. The average molecular weight is 251 g/mol. The molecule has 1 aromatic rings. The number of ether oxygens (including phenoxy) is 1. The van der Waals surface area contributed by atoms with Crippen molar-refractivity contribution in [3.05, 3.63) is 30.3 Å². The summed E-state index contributed by atoms with van der Waals surface area (Å²) in [6.45, 7) is 0.598. The molecule has 1 fully saturated rings. The van der Waals surface area contributed by atoms with Gasteiger partial charge in [0.1, 0.15) is 18.5 Å². The summed E-state index contributed by atoms with van der Waals surface area (Å²) in [7, 11) is 0. The van der Waals surface area contributed by atoms with Crippen LogP contribution in [0.5, 0.6) is 5.75 Å². The van der Waals surface area contributed by atoms with Gasteiger partial charge in [-0.25, -0.2) is 4.79 Å². The highest BCUT2D eigenvalue weighted by Crippen LogP contribution is 2.21. The molecule has 2 rings (SSSR count). The van der Waals surface area contributed by atoms with E-state index in [0.29, 0.717) is 18.7 Å². The molecule has 0 saturated carbocycles. The number of amides is 1. The number of carboxylic acid groups (broad SMARTS) is 1. The standard InChI is InChI=1S/C13H17NO4/c15-12(9-18-10-5-2-1-3-6-10)11-7-4-8-14(11)13(16)17/h1-3,5-6,11-12,15H,4,7-9H2,(H,16,17). The molecule has 1 heterocycles. The lowest BCUT2D eigenvalue weighted by Gasteiger charge is -2.26. The van der Waals surface area contributed by atoms with Gasteiger partial charge >= 0.3 is 6.09 Å². The molecule has 0 aliphatic carbocycles. The van der Waals surface area contributed by atoms with Crippen molar-refractivity contribution in [1.29, 1.82) is 0 Å². The molecular formula is C13H17NO4. The molecule has 5 heteroatoms. The lowest BCUT2D eigenvalue weighted by Crippen LogP contribution is -2.44. The number of aliphatic hydroxyl groups excluding tert-OH is 1. The Balaban J connectivity index is 1.88. The maximum absolute atomic E-state index is 11.0. The summed E-state index contributed by atoms with van der Waals surface area (Å²) in [6.07, 6.45) is -0.287. The summed E-state index contributed by atoms with van der Waals surface area (Å²) in [6, 6.07) is 8.83. The van der Waals surface area contributed by atoms with Crippen molar-refractivity contribution in [2.24, 2.45) is 0 Å². The fourth-order valence-corrected chi connectivity index (χ4v) is 2.24. The monoisotopic (exact) mass is 251 g/mol. The van der Waals surface area contributed by atoms with Crippen LogP contribution in [0.3, 0.4) is 0 Å². The number of rotatable bonds is 4. The van der Waals surface area contributed by atoms with Gasteiger partial charge in [0.15, 0.2) is 0 Å². The molecular weight excluding hydrogens is 234 g/mol. The zero-order valence-corrected chi connectivity index (χ0v) is 10.0. The van der Waals surface area contributed by atoms with E-state index in [1.165, 1.54) is 4.90 Å². The summed E-state index contributed by atoms with van der Waals surface area (Å²) in [5, 5.41) is 19.0. The van der Waals surface area contributed by atoms with Gasteiger partial charge in [0, 0.05) is 6.54 Å². The summed E-state index contributed by atoms with van der Waals surface area (Å²) in [4.78, 5) is 12.3. The number of hydrogen-bond donors (Lipinski definition) is 2. The predicted molar refractivity (Wildman–Crippen MR) is 65.7 cm³/mol. The lowest BCUT2D eigenvalue weighted by molar-refractivity contribution is 0.0367. The van der Waals surface area contributed by atoms with Crippen LogP contribution in [0.2, 0.25) is 0 Å². The van der Waals surface area contributed by atoms with Gasteiger partial charge in [-0.1, -0.05) is 18.2 Å². The third-order valence-corrected chi connectivity index (χ3v) is 3.15. The first kappa shape index (κ1) is 12.7. The molecule has 1 saturated heterocycles. The highest BCUT2D eigenvalue weighted by molar-refractivity contribution is 5.65. The Bertz CT molecular complexity index is 395. The average Bonchev–Trinajstić information content (AvgIpc) is 2.86. The molecule has 98 valence electrons. The summed E-state index contributed by atoms with van der Waals surface area (Å²) >= 11 is 0. The Morgan fingerprint density at radius 1 is 1.44 bits per heavy atom. The van der Waals surface area contributed by atoms with Crippen LogP contribution in [-0.4, -0.2) is 46.5 Å². The third-order valence-electron chi connectivity index (χ3n) is 3.15. The number of carbonyl (C=O) groups is 1. The minimum atomic E-state index is -0.976. The second-order valence-electron chi connectivity index (χ2n) is 4.38. The molecule has 0 radical (unpaired) electrons. The zero-order chi connectivity index (χ0) is 13.0. The fraction of sp³-hybridized carbons (Fsp3) is 0.462. The minimum Gasteiger partial charge on any atom is -0.491 e. The van der Waals surface area contributed by atoms with Crippen molar-refractivity contribution in [2.45, 2.75) is 25.0 Å². The van der Waals surface area contributed by atoms with Gasteiger partial charge < -0.3 is 19.8 Å². The Hall–Kier alpha value is -1.75. The first-order chi connectivity index (χ1) is 8.68. The molecule has 1 aliphatic heterocycles. The lowest BCUT2D eigenvalue weighted by atomic mass is 10.1. The van der Waals surface area contributed by atoms with Crippen LogP contribution in [0.25, 0.3) is 0 Å². The van der Waals surface area contributed by atoms with Crippen molar-refractivity contribution in [3.63, 3.8) is 0 Å². The number of benzene rings is 1. The molecule has 1 aliphatic rings. The van der Waals surface area contributed by atoms with Crippen molar-refractivity contribution in [2.75, 3.05) is 13.2 Å². The largest absolute Gasteiger partial charge is 0.491 e. The smallest absolute Gasteiger partial charge is 0.407 e. The van der Waals surface area contributed by atoms with Crippen molar-refractivity contribution < 1.29 is 19.7 Å². The SMILES string of the molecule is O=C(O)N1CCCC1C(O)COc1ccccc1. The van der Waals surface area contributed by atoms with E-state index in [-0.39, 0.29) is 12.6 Å². The summed E-state index contributed by atoms with van der Waals surface area (Å²) < 4.78 is 5.44. The Kier molecular flexibility index (Phi) is 4.04. The zero-order valence-electron chi connectivity index (χ0n) is 10.0. The van der Waals surface area contributed by atoms with E-state index < -0.39 is 12.2 Å². The van der Waals surface area contributed by atoms with Crippen molar-refractivity contribution in [1.82, 2.24) is 4.90 Å². The first-order valence-electron chi connectivity index (χ1n) is 6.04. The van der Waals surface area contributed by atoms with Gasteiger partial charge in [-0.2, -0.15) is 0 Å². The molecule has 0 spiro atoms. The number of hydrogen-bond acceptors (Lipinski definition) is 3. The van der Waals surface area contributed by atoms with Crippen LogP contribution < -0.4 is 4.74 Å². The Morgan fingerprint density at radius 2 is 2.17 bits per heavy atom. The molecule has 1 aromatic carbocycles. The van der Waals surface area contributed by atoms with Crippen LogP contribution in [0, 0.1) is 0 Å². The molecule has 18 heavy (non-hydrogen) atoms. The first-order valence-corrected chi connectivity index (χ1v) is 6.04. The van der Waals surface area contributed by atoms with Crippen LogP contribution in [0.1, 0.15) is 12.8 Å². The van der Waals surface area contributed by atoms with E-state index in [1.807, 2.05) is 18.2 Å². The number of para-hydroxylation sites is 1. The van der Waals surface area contributed by atoms with E-state index in [2.05, 4.69) is 0 Å². The second-order valence-corrected chi connectivity index (χ2v) is 4.38. The second kappa shape index (κ2) is 5.73. The topological polar surface area (TPSA) is 70.0 Å². The minimum absolute atomic E-state index is 0.110. The van der Waals surface area contributed by atoms with E-state index in [0.717, 1.165) is 6.42 Å². The molecule has 2 unspecified atom stereocenters. The van der Waals surface area contributed by atoms with Crippen molar-refractivity contribution >= 4 is 6.09 Å². The van der Waals surface area contributed by atoms with Gasteiger partial charge in [0.25, 0.3) is 0 Å². The normalized spacial score (nSPS) is 20.7. The van der Waals surface area contributed by atoms with Gasteiger partial charge in [-0.3, -0.25) is 0 Å². The molecule has 0 bridgehead atoms. The van der Waals surface area contributed by atoms with Crippen LogP contribution in [0.15, 0.2) is 30.3 Å². The molecule has 1 amide bonds. The van der Waals surface area contributed by atoms with Gasteiger partial charge in [0.05, 0.1) is 6.04 Å². The maximum atomic E-state index is 11.0. The number of aliphatic hydroxyl groups is 1. The quantitative estimate of drug-likeness (QED) is 0.852. The van der Waals surface area contributed by atoms with E-state index in [1.54, 1.807) is 12.1 Å². The summed E-state index contributed by atoms with van der Waals surface area (Å²) in [5.74, 6) is 0.677. The van der Waals surface area contributed by atoms with Gasteiger partial charge in [-0.15, -0.1) is 0 Å².